The molecule has 1 aromatic carbocycles. The predicted octanol–water partition coefficient (Wildman–Crippen LogP) is 2.40. The SMILES string of the molecule is CN(C)c1ccc(C=C(C#N)C(=O)O)c(Cl)c1. The molecule has 0 saturated carbocycles. The molecular weight excluding hydrogens is 240 g/mol. The van der Waals surface area contributed by atoms with E-state index in [9.17, 15) is 4.79 Å². The molecule has 0 aliphatic heterocycles. The molecule has 0 spiro atoms. The lowest BCUT2D eigenvalue weighted by Crippen LogP contribution is -2.08. The zero-order valence-electron chi connectivity index (χ0n) is 9.44. The van der Waals surface area contributed by atoms with Crippen molar-refractivity contribution in [1.29, 1.82) is 5.26 Å². The molecule has 0 aliphatic carbocycles. The van der Waals surface area contributed by atoms with Crippen LogP contribution in [0.25, 0.3) is 6.08 Å². The van der Waals surface area contributed by atoms with Gasteiger partial charge in [-0.05, 0) is 23.8 Å². The summed E-state index contributed by atoms with van der Waals surface area (Å²) in [5.41, 5.74) is 1.07. The molecule has 0 bridgehead atoms. The maximum absolute atomic E-state index is 10.7. The Hall–Kier alpha value is -1.99. The van der Waals surface area contributed by atoms with Gasteiger partial charge in [0.05, 0.1) is 0 Å². The minimum absolute atomic E-state index is 0.343. The van der Waals surface area contributed by atoms with E-state index in [1.54, 1.807) is 24.3 Å². The highest BCUT2D eigenvalue weighted by atomic mass is 35.5. The number of nitrogens with zero attached hydrogens (tertiary/aromatic N) is 2. The molecule has 4 nitrogen and oxygen atoms in total. The van der Waals surface area contributed by atoms with Crippen molar-refractivity contribution in [1.82, 2.24) is 0 Å². The van der Waals surface area contributed by atoms with Crippen molar-refractivity contribution in [3.63, 3.8) is 0 Å². The molecule has 17 heavy (non-hydrogen) atoms. The third kappa shape index (κ3) is 3.23. The minimum Gasteiger partial charge on any atom is -0.477 e. The molecule has 0 unspecified atom stereocenters. The monoisotopic (exact) mass is 250 g/mol. The van der Waals surface area contributed by atoms with Crippen molar-refractivity contribution in [2.45, 2.75) is 0 Å². The second kappa shape index (κ2) is 5.37. The topological polar surface area (TPSA) is 64.3 Å². The van der Waals surface area contributed by atoms with Gasteiger partial charge in [-0.1, -0.05) is 17.7 Å². The van der Waals surface area contributed by atoms with Crippen LogP contribution >= 0.6 is 11.6 Å². The smallest absolute Gasteiger partial charge is 0.346 e. The van der Waals surface area contributed by atoms with Gasteiger partial charge in [-0.15, -0.1) is 0 Å². The lowest BCUT2D eigenvalue weighted by atomic mass is 10.1. The number of halogens is 1. The fourth-order valence-electron chi connectivity index (χ4n) is 1.21. The van der Waals surface area contributed by atoms with Crippen LogP contribution in [0.4, 0.5) is 5.69 Å². The first kappa shape index (κ1) is 13.1. The van der Waals surface area contributed by atoms with Crippen LogP contribution in [-0.2, 0) is 4.79 Å². The summed E-state index contributed by atoms with van der Waals surface area (Å²) < 4.78 is 0. The lowest BCUT2D eigenvalue weighted by Gasteiger charge is -2.13. The molecule has 1 aromatic rings. The normalized spacial score (nSPS) is 10.8. The lowest BCUT2D eigenvalue weighted by molar-refractivity contribution is -0.132. The highest BCUT2D eigenvalue weighted by Gasteiger charge is 2.08. The molecule has 0 fully saturated rings. The fraction of sp³-hybridized carbons (Fsp3) is 0.167. The summed E-state index contributed by atoms with van der Waals surface area (Å²) in [6.07, 6.45) is 1.25. The van der Waals surface area contributed by atoms with Gasteiger partial charge in [0.1, 0.15) is 11.6 Å². The van der Waals surface area contributed by atoms with Gasteiger partial charge in [0.25, 0.3) is 0 Å². The molecule has 5 heteroatoms. The van der Waals surface area contributed by atoms with Crippen LogP contribution < -0.4 is 4.90 Å². The maximum Gasteiger partial charge on any atom is 0.346 e. The van der Waals surface area contributed by atoms with Gasteiger partial charge in [0, 0.05) is 24.8 Å². The Bertz CT molecular complexity index is 516. The molecule has 0 amide bonds. The van der Waals surface area contributed by atoms with Crippen molar-refractivity contribution in [2.24, 2.45) is 0 Å². The Morgan fingerprint density at radius 3 is 2.59 bits per heavy atom. The van der Waals surface area contributed by atoms with Crippen molar-refractivity contribution in [3.05, 3.63) is 34.4 Å². The Morgan fingerprint density at radius 2 is 2.18 bits per heavy atom. The molecule has 0 aliphatic rings. The van der Waals surface area contributed by atoms with E-state index in [0.29, 0.717) is 10.6 Å². The van der Waals surface area contributed by atoms with E-state index in [0.717, 1.165) is 5.69 Å². The highest BCUT2D eigenvalue weighted by molar-refractivity contribution is 6.32. The molecule has 1 N–H and O–H groups in total. The zero-order chi connectivity index (χ0) is 13.0. The van der Waals surface area contributed by atoms with Crippen molar-refractivity contribution >= 4 is 29.3 Å². The highest BCUT2D eigenvalue weighted by Crippen LogP contribution is 2.24. The van der Waals surface area contributed by atoms with E-state index in [2.05, 4.69) is 0 Å². The third-order valence-electron chi connectivity index (χ3n) is 2.15. The summed E-state index contributed by atoms with van der Waals surface area (Å²) >= 11 is 6.01. The first-order valence-electron chi connectivity index (χ1n) is 4.77. The van der Waals surface area contributed by atoms with Crippen molar-refractivity contribution in [2.75, 3.05) is 19.0 Å². The number of benzene rings is 1. The van der Waals surface area contributed by atoms with E-state index in [1.807, 2.05) is 19.0 Å². The average molecular weight is 251 g/mol. The zero-order valence-corrected chi connectivity index (χ0v) is 10.2. The molecule has 88 valence electrons. The second-order valence-corrected chi connectivity index (χ2v) is 3.98. The largest absolute Gasteiger partial charge is 0.477 e. The van der Waals surface area contributed by atoms with E-state index < -0.39 is 5.97 Å². The standard InChI is InChI=1S/C12H11ClN2O2/c1-15(2)10-4-3-8(11(13)6-10)5-9(7-14)12(16)17/h3-6H,1-2H3,(H,16,17). The van der Waals surface area contributed by atoms with Crippen LogP contribution in [0.5, 0.6) is 0 Å². The summed E-state index contributed by atoms with van der Waals surface area (Å²) in [6, 6.07) is 6.80. The number of aliphatic carboxylic acids is 1. The van der Waals surface area contributed by atoms with E-state index in [4.69, 9.17) is 22.0 Å². The molecule has 1 rings (SSSR count). The molecule has 0 saturated heterocycles. The molecular formula is C12H11ClN2O2. The Balaban J connectivity index is 3.18. The van der Waals surface area contributed by atoms with Crippen LogP contribution in [0, 0.1) is 11.3 Å². The summed E-state index contributed by atoms with van der Waals surface area (Å²) in [7, 11) is 3.75. The van der Waals surface area contributed by atoms with Crippen LogP contribution in [0.2, 0.25) is 5.02 Å². The second-order valence-electron chi connectivity index (χ2n) is 3.58. The number of carbonyl (C=O) groups is 1. The van der Waals surface area contributed by atoms with Gasteiger partial charge >= 0.3 is 5.97 Å². The van der Waals surface area contributed by atoms with Gasteiger partial charge in [-0.2, -0.15) is 5.26 Å². The summed E-state index contributed by atoms with van der Waals surface area (Å²) in [5.74, 6) is -1.26. The summed E-state index contributed by atoms with van der Waals surface area (Å²) in [4.78, 5) is 12.6. The number of anilines is 1. The Labute approximate surface area is 104 Å². The fourth-order valence-corrected chi connectivity index (χ4v) is 1.44. The van der Waals surface area contributed by atoms with Crippen LogP contribution in [0.3, 0.4) is 0 Å². The van der Waals surface area contributed by atoms with Gasteiger partial charge < -0.3 is 10.0 Å². The number of carboxylic acid groups (broad SMARTS) is 1. The number of hydrogen-bond donors (Lipinski definition) is 1. The van der Waals surface area contributed by atoms with E-state index >= 15 is 0 Å². The number of nitriles is 1. The molecule has 0 heterocycles. The quantitative estimate of drug-likeness (QED) is 0.661. The third-order valence-corrected chi connectivity index (χ3v) is 2.48. The number of carboxylic acids is 1. The predicted molar refractivity (Wildman–Crippen MR) is 67.0 cm³/mol. The van der Waals surface area contributed by atoms with Gasteiger partial charge in [-0.25, -0.2) is 4.79 Å². The number of hydrogen-bond acceptors (Lipinski definition) is 3. The molecule has 0 radical (unpaired) electrons. The Morgan fingerprint density at radius 1 is 1.53 bits per heavy atom. The van der Waals surface area contributed by atoms with Crippen molar-refractivity contribution < 1.29 is 9.90 Å². The van der Waals surface area contributed by atoms with Gasteiger partial charge in [-0.3, -0.25) is 0 Å². The van der Waals surface area contributed by atoms with Crippen molar-refractivity contribution in [3.8, 4) is 6.07 Å². The summed E-state index contributed by atoms with van der Waals surface area (Å²) in [5, 5.41) is 17.8. The molecule has 0 aromatic heterocycles. The van der Waals surface area contributed by atoms with Gasteiger partial charge in [0.15, 0.2) is 0 Å². The van der Waals surface area contributed by atoms with Crippen LogP contribution in [-0.4, -0.2) is 25.2 Å². The number of rotatable bonds is 3. The maximum atomic E-state index is 10.7. The Kier molecular flexibility index (Phi) is 4.13. The molecule has 0 atom stereocenters. The minimum atomic E-state index is -1.26. The average Bonchev–Trinajstić information content (AvgIpc) is 2.26. The van der Waals surface area contributed by atoms with Crippen LogP contribution in [0.1, 0.15) is 5.56 Å². The summed E-state index contributed by atoms with van der Waals surface area (Å²) in [6.45, 7) is 0. The van der Waals surface area contributed by atoms with Gasteiger partial charge in [0.2, 0.25) is 0 Å². The van der Waals surface area contributed by atoms with E-state index in [-0.39, 0.29) is 5.57 Å². The first-order chi connectivity index (χ1) is 7.95. The van der Waals surface area contributed by atoms with Crippen LogP contribution in [0.15, 0.2) is 23.8 Å². The first-order valence-corrected chi connectivity index (χ1v) is 5.15. The van der Waals surface area contributed by atoms with E-state index in [1.165, 1.54) is 6.08 Å².